The minimum atomic E-state index is 0.892. The van der Waals surface area contributed by atoms with Crippen molar-refractivity contribution in [2.24, 2.45) is 11.8 Å². The molecule has 0 spiro atoms. The predicted octanol–water partition coefficient (Wildman–Crippen LogP) is 1.40. The third-order valence-electron chi connectivity index (χ3n) is 5.27. The number of hydrogen-bond donors (Lipinski definition) is 1. The quantitative estimate of drug-likeness (QED) is 0.745. The van der Waals surface area contributed by atoms with Crippen LogP contribution in [0.3, 0.4) is 0 Å². The number of fused-ring (bicyclic) bond motifs is 3. The van der Waals surface area contributed by atoms with E-state index >= 15 is 0 Å². The topological polar surface area (TPSA) is 18.5 Å². The van der Waals surface area contributed by atoms with E-state index in [2.05, 4.69) is 22.0 Å². The molecule has 4 fully saturated rings. The van der Waals surface area contributed by atoms with Gasteiger partial charge in [0.25, 0.3) is 0 Å². The molecule has 4 saturated heterocycles. The number of nitrogens with one attached hydrogen (secondary N) is 1. The Morgan fingerprint density at radius 2 is 1.89 bits per heavy atom. The van der Waals surface area contributed by atoms with Crippen molar-refractivity contribution in [1.29, 1.82) is 0 Å². The van der Waals surface area contributed by atoms with Gasteiger partial charge in [-0.3, -0.25) is 4.90 Å². The molecule has 0 radical (unpaired) electrons. The molecule has 2 unspecified atom stereocenters. The minimum Gasteiger partial charge on any atom is -0.316 e. The lowest BCUT2D eigenvalue weighted by Gasteiger charge is -2.48. The molecule has 4 aliphatic rings. The van der Waals surface area contributed by atoms with E-state index in [-0.39, 0.29) is 0 Å². The summed E-state index contributed by atoms with van der Waals surface area (Å²) < 4.78 is 0. The molecule has 4 aliphatic heterocycles. The molecule has 0 amide bonds. The Labute approximate surface area is 112 Å². The van der Waals surface area contributed by atoms with Gasteiger partial charge in [0.2, 0.25) is 0 Å². The largest absolute Gasteiger partial charge is 0.316 e. The van der Waals surface area contributed by atoms with E-state index in [0.29, 0.717) is 0 Å². The number of rotatable bonds is 5. The molecule has 2 atom stereocenters. The van der Waals surface area contributed by atoms with Crippen LogP contribution < -0.4 is 5.32 Å². The van der Waals surface area contributed by atoms with Gasteiger partial charge in [0.05, 0.1) is 0 Å². The molecule has 0 aromatic carbocycles. The van der Waals surface area contributed by atoms with Crippen molar-refractivity contribution in [2.75, 3.05) is 45.8 Å². The molecule has 0 aromatic rings. The zero-order valence-corrected chi connectivity index (χ0v) is 11.9. The average molecular weight is 251 g/mol. The summed E-state index contributed by atoms with van der Waals surface area (Å²) in [5, 5.41) is 3.60. The molecule has 4 rings (SSSR count). The number of nitrogens with zero attached hydrogens (tertiary/aromatic N) is 2. The summed E-state index contributed by atoms with van der Waals surface area (Å²) in [5.74, 6) is 1.92. The van der Waals surface area contributed by atoms with E-state index in [1.165, 1.54) is 71.5 Å². The van der Waals surface area contributed by atoms with Gasteiger partial charge in [-0.05, 0) is 70.2 Å². The third-order valence-corrected chi connectivity index (χ3v) is 5.27. The van der Waals surface area contributed by atoms with Crippen molar-refractivity contribution < 1.29 is 0 Å². The number of hydrogen-bond acceptors (Lipinski definition) is 3. The van der Waals surface area contributed by atoms with Crippen molar-refractivity contribution >= 4 is 0 Å². The lowest BCUT2D eigenvalue weighted by atomic mass is 9.83. The Morgan fingerprint density at radius 3 is 2.56 bits per heavy atom. The molecule has 0 aliphatic carbocycles. The highest BCUT2D eigenvalue weighted by molar-refractivity contribution is 4.94. The van der Waals surface area contributed by atoms with Gasteiger partial charge in [-0.15, -0.1) is 0 Å². The predicted molar refractivity (Wildman–Crippen MR) is 75.8 cm³/mol. The molecule has 0 saturated carbocycles. The van der Waals surface area contributed by atoms with Gasteiger partial charge in [-0.1, -0.05) is 6.92 Å². The normalized spacial score (nSPS) is 40.5. The fourth-order valence-electron chi connectivity index (χ4n) is 4.16. The fourth-order valence-corrected chi connectivity index (χ4v) is 4.16. The van der Waals surface area contributed by atoms with Crippen molar-refractivity contribution in [3.8, 4) is 0 Å². The van der Waals surface area contributed by atoms with Crippen LogP contribution in [0.5, 0.6) is 0 Å². The second-order valence-electron chi connectivity index (χ2n) is 6.56. The lowest BCUT2D eigenvalue weighted by molar-refractivity contribution is 0.0142. The van der Waals surface area contributed by atoms with Crippen LogP contribution in [0.4, 0.5) is 0 Å². The smallest absolute Gasteiger partial charge is 0.0252 e. The maximum absolute atomic E-state index is 3.60. The summed E-state index contributed by atoms with van der Waals surface area (Å²) in [7, 11) is 0. The van der Waals surface area contributed by atoms with Gasteiger partial charge in [-0.2, -0.15) is 0 Å². The highest BCUT2D eigenvalue weighted by atomic mass is 15.3. The minimum absolute atomic E-state index is 0.892. The number of likely N-dealkylation sites (tertiary alicyclic amines) is 1. The monoisotopic (exact) mass is 251 g/mol. The highest BCUT2D eigenvalue weighted by Gasteiger charge is 2.39. The molecular formula is C15H29N3. The molecule has 18 heavy (non-hydrogen) atoms. The Bertz CT molecular complexity index is 260. The van der Waals surface area contributed by atoms with Crippen molar-refractivity contribution in [2.45, 2.75) is 38.6 Å². The Hall–Kier alpha value is -0.120. The second-order valence-corrected chi connectivity index (χ2v) is 6.56. The van der Waals surface area contributed by atoms with Gasteiger partial charge in [0.15, 0.2) is 0 Å². The molecule has 3 nitrogen and oxygen atoms in total. The standard InChI is InChI=1S/C15H29N3/c1-2-6-16-10-13-3-9-18(11-13)15-12-17-7-4-14(15)5-8-17/h13-16H,2-12H2,1H3. The first-order valence-electron chi connectivity index (χ1n) is 8.04. The van der Waals surface area contributed by atoms with Gasteiger partial charge < -0.3 is 10.2 Å². The van der Waals surface area contributed by atoms with Gasteiger partial charge in [0, 0.05) is 19.1 Å². The summed E-state index contributed by atoms with van der Waals surface area (Å²) in [6.07, 6.45) is 5.59. The zero-order valence-electron chi connectivity index (χ0n) is 11.9. The van der Waals surface area contributed by atoms with Gasteiger partial charge in [-0.25, -0.2) is 0 Å². The van der Waals surface area contributed by atoms with E-state index < -0.39 is 0 Å². The van der Waals surface area contributed by atoms with Crippen molar-refractivity contribution in [1.82, 2.24) is 15.1 Å². The third kappa shape index (κ3) is 2.73. The first kappa shape index (κ1) is 12.9. The molecule has 4 heterocycles. The van der Waals surface area contributed by atoms with E-state index in [4.69, 9.17) is 0 Å². The lowest BCUT2D eigenvalue weighted by Crippen LogP contribution is -2.56. The number of piperidine rings is 3. The molecular weight excluding hydrogens is 222 g/mol. The van der Waals surface area contributed by atoms with Crippen molar-refractivity contribution in [3.63, 3.8) is 0 Å². The van der Waals surface area contributed by atoms with Gasteiger partial charge in [0.1, 0.15) is 0 Å². The molecule has 1 N–H and O–H groups in total. The van der Waals surface area contributed by atoms with Crippen LogP contribution in [0, 0.1) is 11.8 Å². The van der Waals surface area contributed by atoms with Crippen molar-refractivity contribution in [3.05, 3.63) is 0 Å². The first-order valence-corrected chi connectivity index (χ1v) is 8.04. The Balaban J connectivity index is 1.47. The molecule has 3 heteroatoms. The summed E-state index contributed by atoms with van der Waals surface area (Å²) in [6, 6.07) is 0.892. The SMILES string of the molecule is CCCNCC1CCN(C2CN3CCC2CC3)C1. The van der Waals surface area contributed by atoms with E-state index in [1.54, 1.807) is 0 Å². The molecule has 104 valence electrons. The highest BCUT2D eigenvalue weighted by Crippen LogP contribution is 2.33. The second kappa shape index (κ2) is 5.89. The summed E-state index contributed by atoms with van der Waals surface area (Å²) >= 11 is 0. The Kier molecular flexibility index (Phi) is 4.22. The first-order chi connectivity index (χ1) is 8.86. The van der Waals surface area contributed by atoms with Gasteiger partial charge >= 0.3 is 0 Å². The summed E-state index contributed by atoms with van der Waals surface area (Å²) in [4.78, 5) is 5.50. The maximum atomic E-state index is 3.60. The van der Waals surface area contributed by atoms with Crippen LogP contribution in [-0.2, 0) is 0 Å². The summed E-state index contributed by atoms with van der Waals surface area (Å²) in [6.45, 7) is 11.5. The zero-order chi connectivity index (χ0) is 12.4. The Morgan fingerprint density at radius 1 is 1.06 bits per heavy atom. The average Bonchev–Trinajstić information content (AvgIpc) is 2.89. The van der Waals surface area contributed by atoms with Crippen LogP contribution in [-0.4, -0.2) is 61.7 Å². The van der Waals surface area contributed by atoms with Crippen LogP contribution >= 0.6 is 0 Å². The van der Waals surface area contributed by atoms with Crippen LogP contribution in [0.2, 0.25) is 0 Å². The van der Waals surface area contributed by atoms with E-state index in [0.717, 1.165) is 17.9 Å². The molecule has 2 bridgehead atoms. The molecule has 0 aromatic heterocycles. The maximum Gasteiger partial charge on any atom is 0.0252 e. The van der Waals surface area contributed by atoms with Crippen LogP contribution in [0.25, 0.3) is 0 Å². The summed E-state index contributed by atoms with van der Waals surface area (Å²) in [5.41, 5.74) is 0. The van der Waals surface area contributed by atoms with Crippen LogP contribution in [0.1, 0.15) is 32.6 Å². The van der Waals surface area contributed by atoms with Crippen LogP contribution in [0.15, 0.2) is 0 Å². The fraction of sp³-hybridized carbons (Fsp3) is 1.00. The van der Waals surface area contributed by atoms with E-state index in [1.807, 2.05) is 0 Å². The van der Waals surface area contributed by atoms with E-state index in [9.17, 15) is 0 Å².